The first-order chi connectivity index (χ1) is 21.8. The molecule has 2 unspecified atom stereocenters. The Morgan fingerprint density at radius 1 is 0.689 bits per heavy atom. The van der Waals surface area contributed by atoms with Crippen LogP contribution in [0.25, 0.3) is 11.1 Å². The molecule has 1 saturated carbocycles. The van der Waals surface area contributed by atoms with E-state index in [0.717, 1.165) is 29.5 Å². The van der Waals surface area contributed by atoms with E-state index in [4.69, 9.17) is 5.11 Å². The molecule has 1 aliphatic carbocycles. The predicted molar refractivity (Wildman–Crippen MR) is 173 cm³/mol. The van der Waals surface area contributed by atoms with E-state index in [0.29, 0.717) is 17.0 Å². The lowest BCUT2D eigenvalue weighted by Crippen LogP contribution is -2.36. The van der Waals surface area contributed by atoms with Gasteiger partial charge in [0.1, 0.15) is 0 Å². The van der Waals surface area contributed by atoms with Crippen LogP contribution in [0.2, 0.25) is 0 Å². The smallest absolute Gasteiger partial charge is 0.334 e. The number of rotatable bonds is 12. The van der Waals surface area contributed by atoms with Crippen LogP contribution in [0.3, 0.4) is 0 Å². The van der Waals surface area contributed by atoms with Crippen LogP contribution >= 0.6 is 0 Å². The van der Waals surface area contributed by atoms with Gasteiger partial charge in [-0.25, -0.2) is 4.79 Å². The minimum atomic E-state index is -1.72. The fourth-order valence-electron chi connectivity index (χ4n) is 5.95. The topological polar surface area (TPSA) is 121 Å². The monoisotopic (exact) mass is 603 g/mol. The average molecular weight is 604 g/mol. The third-order valence-corrected chi connectivity index (χ3v) is 8.61. The Balaban J connectivity index is 1.36. The quantitative estimate of drug-likeness (QED) is 0.153. The average Bonchev–Trinajstić information content (AvgIpc) is 3.10. The lowest BCUT2D eigenvalue weighted by Gasteiger charge is -2.23. The number of benzene rings is 4. The van der Waals surface area contributed by atoms with Crippen LogP contribution in [0.1, 0.15) is 92.6 Å². The minimum absolute atomic E-state index is 0.0123. The van der Waals surface area contributed by atoms with E-state index in [-0.39, 0.29) is 23.6 Å². The Bertz CT molecular complexity index is 1620. The lowest BCUT2D eigenvalue weighted by atomic mass is 9.81. The normalized spacial score (nSPS) is 14.7. The lowest BCUT2D eigenvalue weighted by molar-refractivity contribution is -0.146. The molecule has 7 heteroatoms. The second-order valence-corrected chi connectivity index (χ2v) is 11.6. The standard InChI is InChI=1S/C38H37NO6/c40-34(30-17-13-28(14-18-30)26-9-5-2-6-10-26)23-33(29-15-11-27(12-16-29)25-7-3-1-4-8-25)36(42)31-19-21-32(22-20-31)37(43)39-24-35(41)38(44)45/h2,5-6,9-22,25,33,35,41H,1,3-4,7-8,23-24H2,(H,39,43)(H,44,45). The van der Waals surface area contributed by atoms with E-state index in [9.17, 15) is 24.3 Å². The summed E-state index contributed by atoms with van der Waals surface area (Å²) in [6.45, 7) is -0.442. The second-order valence-electron chi connectivity index (χ2n) is 11.6. The van der Waals surface area contributed by atoms with Crippen LogP contribution in [0, 0.1) is 0 Å². The van der Waals surface area contributed by atoms with Crippen molar-refractivity contribution >= 4 is 23.4 Å². The van der Waals surface area contributed by atoms with Gasteiger partial charge in [0.15, 0.2) is 17.7 Å². The van der Waals surface area contributed by atoms with Crippen molar-refractivity contribution in [3.05, 3.63) is 131 Å². The van der Waals surface area contributed by atoms with Crippen molar-refractivity contribution in [2.75, 3.05) is 6.54 Å². The summed E-state index contributed by atoms with van der Waals surface area (Å²) < 4.78 is 0. The molecule has 1 aliphatic rings. The first kappa shape index (κ1) is 31.5. The molecule has 7 nitrogen and oxygen atoms in total. The summed E-state index contributed by atoms with van der Waals surface area (Å²) in [5.74, 6) is -2.59. The molecule has 4 aromatic rings. The largest absolute Gasteiger partial charge is 0.479 e. The summed E-state index contributed by atoms with van der Waals surface area (Å²) in [4.78, 5) is 50.8. The zero-order valence-corrected chi connectivity index (χ0v) is 25.0. The number of carbonyl (C=O) groups is 4. The highest BCUT2D eigenvalue weighted by Crippen LogP contribution is 2.34. The number of ketones is 2. The molecule has 4 aromatic carbocycles. The summed E-state index contributed by atoms with van der Waals surface area (Å²) in [7, 11) is 0. The molecule has 0 aliphatic heterocycles. The summed E-state index contributed by atoms with van der Waals surface area (Å²) in [6.07, 6.45) is 4.31. The number of hydrogen-bond donors (Lipinski definition) is 3. The summed E-state index contributed by atoms with van der Waals surface area (Å²) >= 11 is 0. The highest BCUT2D eigenvalue weighted by Gasteiger charge is 2.27. The van der Waals surface area contributed by atoms with Crippen molar-refractivity contribution < 1.29 is 29.4 Å². The first-order valence-electron chi connectivity index (χ1n) is 15.4. The molecular weight excluding hydrogens is 566 g/mol. The molecule has 2 atom stereocenters. The molecule has 1 amide bonds. The highest BCUT2D eigenvalue weighted by atomic mass is 16.4. The summed E-state index contributed by atoms with van der Waals surface area (Å²) in [5.41, 5.74) is 5.17. The molecule has 0 aromatic heterocycles. The summed E-state index contributed by atoms with van der Waals surface area (Å²) in [6, 6.07) is 31.5. The molecule has 45 heavy (non-hydrogen) atoms. The van der Waals surface area contributed by atoms with E-state index in [2.05, 4.69) is 17.4 Å². The van der Waals surface area contributed by atoms with Gasteiger partial charge in [-0.15, -0.1) is 0 Å². The van der Waals surface area contributed by atoms with Crippen LogP contribution < -0.4 is 5.32 Å². The molecule has 0 saturated heterocycles. The molecule has 0 radical (unpaired) electrons. The van der Waals surface area contributed by atoms with E-state index in [1.807, 2.05) is 54.6 Å². The van der Waals surface area contributed by atoms with Crippen LogP contribution in [-0.2, 0) is 4.79 Å². The van der Waals surface area contributed by atoms with Gasteiger partial charge in [0, 0.05) is 23.1 Å². The Kier molecular flexibility index (Phi) is 10.3. The zero-order chi connectivity index (χ0) is 31.8. The number of aliphatic carboxylic acids is 1. The fourth-order valence-corrected chi connectivity index (χ4v) is 5.95. The van der Waals surface area contributed by atoms with Gasteiger partial charge in [0.2, 0.25) is 0 Å². The number of carboxylic acids is 1. The van der Waals surface area contributed by atoms with Crippen molar-refractivity contribution in [1.29, 1.82) is 0 Å². The molecule has 0 bridgehead atoms. The van der Waals surface area contributed by atoms with Gasteiger partial charge in [0.05, 0.1) is 12.5 Å². The van der Waals surface area contributed by atoms with E-state index in [1.165, 1.54) is 49.1 Å². The maximum Gasteiger partial charge on any atom is 0.334 e. The Morgan fingerprint density at radius 2 is 1.27 bits per heavy atom. The molecule has 1 fully saturated rings. The maximum absolute atomic E-state index is 14.0. The number of aliphatic hydroxyl groups excluding tert-OH is 1. The third-order valence-electron chi connectivity index (χ3n) is 8.61. The number of amides is 1. The molecule has 0 heterocycles. The van der Waals surface area contributed by atoms with E-state index in [1.54, 1.807) is 12.1 Å². The van der Waals surface area contributed by atoms with Gasteiger partial charge in [-0.3, -0.25) is 14.4 Å². The number of hydrogen-bond acceptors (Lipinski definition) is 5. The zero-order valence-electron chi connectivity index (χ0n) is 25.0. The molecular formula is C38H37NO6. The SMILES string of the molecule is O=C(CC(C(=O)c1ccc(C(=O)NCC(O)C(=O)O)cc1)c1ccc(C2CCCCC2)cc1)c1ccc(-c2ccccc2)cc1. The number of carboxylic acid groups (broad SMARTS) is 1. The van der Waals surface area contributed by atoms with E-state index >= 15 is 0 Å². The van der Waals surface area contributed by atoms with Gasteiger partial charge >= 0.3 is 5.97 Å². The van der Waals surface area contributed by atoms with Crippen molar-refractivity contribution in [3.63, 3.8) is 0 Å². The summed E-state index contributed by atoms with van der Waals surface area (Å²) in [5, 5.41) is 20.6. The van der Waals surface area contributed by atoms with Crippen molar-refractivity contribution in [2.45, 2.75) is 56.5 Å². The number of aliphatic hydroxyl groups is 1. The Hall–Kier alpha value is -4.88. The van der Waals surface area contributed by atoms with Crippen LogP contribution in [0.4, 0.5) is 0 Å². The van der Waals surface area contributed by atoms with Crippen LogP contribution in [-0.4, -0.2) is 46.3 Å². The number of Topliss-reactive ketones (excluding diaryl/α,β-unsaturated/α-hetero) is 2. The van der Waals surface area contributed by atoms with Crippen molar-refractivity contribution in [3.8, 4) is 11.1 Å². The van der Waals surface area contributed by atoms with E-state index < -0.39 is 30.4 Å². The van der Waals surface area contributed by atoms with Gasteiger partial charge < -0.3 is 15.5 Å². The number of nitrogens with one attached hydrogen (secondary N) is 1. The second kappa shape index (κ2) is 14.7. The fraction of sp³-hybridized carbons (Fsp3) is 0.263. The molecule has 3 N–H and O–H groups in total. The minimum Gasteiger partial charge on any atom is -0.479 e. The maximum atomic E-state index is 14.0. The number of carbonyl (C=O) groups excluding carboxylic acids is 3. The van der Waals surface area contributed by atoms with Crippen molar-refractivity contribution in [2.24, 2.45) is 0 Å². The predicted octanol–water partition coefficient (Wildman–Crippen LogP) is 6.82. The molecule has 230 valence electrons. The van der Waals surface area contributed by atoms with Crippen molar-refractivity contribution in [1.82, 2.24) is 5.32 Å². The van der Waals surface area contributed by atoms with Gasteiger partial charge in [-0.1, -0.05) is 110 Å². The third kappa shape index (κ3) is 7.99. The molecule has 0 spiro atoms. The van der Waals surface area contributed by atoms with Crippen LogP contribution in [0.15, 0.2) is 103 Å². The first-order valence-corrected chi connectivity index (χ1v) is 15.4. The van der Waals surface area contributed by atoms with Gasteiger partial charge in [-0.05, 0) is 53.1 Å². The highest BCUT2D eigenvalue weighted by molar-refractivity contribution is 6.06. The van der Waals surface area contributed by atoms with Crippen LogP contribution in [0.5, 0.6) is 0 Å². The van der Waals surface area contributed by atoms with Gasteiger partial charge in [0.25, 0.3) is 5.91 Å². The Morgan fingerprint density at radius 3 is 1.89 bits per heavy atom. The van der Waals surface area contributed by atoms with Gasteiger partial charge in [-0.2, -0.15) is 0 Å². The molecule has 5 rings (SSSR count). The Labute approximate surface area is 262 Å².